The minimum Gasteiger partial charge on any atom is -0.305 e. The van der Waals surface area contributed by atoms with Crippen LogP contribution >= 0.6 is 0 Å². The van der Waals surface area contributed by atoms with Gasteiger partial charge in [-0.15, -0.1) is 0 Å². The fourth-order valence-electron chi connectivity index (χ4n) is 4.17. The molecule has 116 valence electrons. The van der Waals surface area contributed by atoms with E-state index in [1.54, 1.807) is 0 Å². The second kappa shape index (κ2) is 6.45. The van der Waals surface area contributed by atoms with Crippen LogP contribution in [0.2, 0.25) is 0 Å². The van der Waals surface area contributed by atoms with Gasteiger partial charge in [0.15, 0.2) is 0 Å². The van der Waals surface area contributed by atoms with Crippen molar-refractivity contribution in [2.75, 3.05) is 13.1 Å². The Morgan fingerprint density at radius 1 is 1.14 bits per heavy atom. The Balaban J connectivity index is 1.68. The molecule has 1 saturated heterocycles. The molecule has 0 spiro atoms. The fourth-order valence-corrected chi connectivity index (χ4v) is 4.17. The molecule has 0 radical (unpaired) electrons. The predicted octanol–water partition coefficient (Wildman–Crippen LogP) is 3.24. The number of aromatic nitrogens is 1. The molecule has 2 aliphatic rings. The molecule has 1 aromatic heterocycles. The molecule has 2 heterocycles. The van der Waals surface area contributed by atoms with Crippen LogP contribution in [-0.4, -0.2) is 35.1 Å². The number of hydrogen-bond acceptors (Lipinski definition) is 3. The molecule has 1 aromatic rings. The Kier molecular flexibility index (Phi) is 4.60. The van der Waals surface area contributed by atoms with E-state index >= 15 is 0 Å². The smallest absolute Gasteiger partial charge is 0.0570 e. The molecule has 2 bridgehead atoms. The molecule has 21 heavy (non-hydrogen) atoms. The summed E-state index contributed by atoms with van der Waals surface area (Å²) in [6.07, 6.45) is 6.08. The van der Waals surface area contributed by atoms with E-state index in [-0.39, 0.29) is 0 Å². The van der Waals surface area contributed by atoms with E-state index < -0.39 is 0 Å². The standard InChI is InChI=1S/C18H29N3/c1-13(2)21-11-15-7-6-8-16(12-21)18(15)20-14(3)17-9-4-5-10-19-17/h4-5,9-10,13-16,18,20H,6-8,11-12H2,1-3H3/t14-,15?,16?,18?/m0/s1. The number of likely N-dealkylation sites (tertiary alicyclic amines) is 1. The van der Waals surface area contributed by atoms with Crippen LogP contribution in [-0.2, 0) is 0 Å². The second-order valence-corrected chi connectivity index (χ2v) is 7.17. The summed E-state index contributed by atoms with van der Waals surface area (Å²) in [5.74, 6) is 1.62. The third-order valence-corrected chi connectivity index (χ3v) is 5.41. The maximum atomic E-state index is 4.51. The highest BCUT2D eigenvalue weighted by atomic mass is 15.2. The average Bonchev–Trinajstić information content (AvgIpc) is 2.47. The zero-order valence-electron chi connectivity index (χ0n) is 13.6. The van der Waals surface area contributed by atoms with Gasteiger partial charge in [-0.25, -0.2) is 0 Å². The summed E-state index contributed by atoms with van der Waals surface area (Å²) in [4.78, 5) is 7.19. The van der Waals surface area contributed by atoms with Crippen molar-refractivity contribution in [2.24, 2.45) is 11.8 Å². The highest BCUT2D eigenvalue weighted by molar-refractivity contribution is 5.09. The minimum absolute atomic E-state index is 0.352. The van der Waals surface area contributed by atoms with Gasteiger partial charge in [-0.05, 0) is 57.6 Å². The molecular formula is C18H29N3. The molecule has 3 nitrogen and oxygen atoms in total. The molecule has 1 aliphatic carbocycles. The Morgan fingerprint density at radius 2 is 1.86 bits per heavy atom. The van der Waals surface area contributed by atoms with Crippen molar-refractivity contribution in [2.45, 2.75) is 58.2 Å². The van der Waals surface area contributed by atoms with Crippen molar-refractivity contribution < 1.29 is 0 Å². The van der Waals surface area contributed by atoms with E-state index in [9.17, 15) is 0 Å². The van der Waals surface area contributed by atoms with Gasteiger partial charge in [0.2, 0.25) is 0 Å². The van der Waals surface area contributed by atoms with E-state index in [2.05, 4.69) is 48.1 Å². The first-order valence-electron chi connectivity index (χ1n) is 8.56. The molecule has 1 N–H and O–H groups in total. The van der Waals surface area contributed by atoms with Crippen LogP contribution in [0, 0.1) is 11.8 Å². The third-order valence-electron chi connectivity index (χ3n) is 5.41. The number of piperidine rings is 1. The van der Waals surface area contributed by atoms with Gasteiger partial charge in [-0.3, -0.25) is 4.98 Å². The van der Waals surface area contributed by atoms with Crippen molar-refractivity contribution in [1.29, 1.82) is 0 Å². The maximum Gasteiger partial charge on any atom is 0.0570 e. The van der Waals surface area contributed by atoms with Gasteiger partial charge in [-0.2, -0.15) is 0 Å². The zero-order chi connectivity index (χ0) is 14.8. The first kappa shape index (κ1) is 15.0. The SMILES string of the molecule is CC(C)N1CC2CCCC(C1)C2N[C@@H](C)c1ccccn1. The Morgan fingerprint density at radius 3 is 2.43 bits per heavy atom. The quantitative estimate of drug-likeness (QED) is 0.921. The summed E-state index contributed by atoms with van der Waals surface area (Å²) in [7, 11) is 0. The lowest BCUT2D eigenvalue weighted by atomic mass is 9.73. The lowest BCUT2D eigenvalue weighted by molar-refractivity contribution is 0.0255. The number of rotatable bonds is 4. The number of fused-ring (bicyclic) bond motifs is 2. The van der Waals surface area contributed by atoms with Crippen molar-refractivity contribution in [3.63, 3.8) is 0 Å². The predicted molar refractivity (Wildman–Crippen MR) is 87.1 cm³/mol. The van der Waals surface area contributed by atoms with Crippen molar-refractivity contribution in [3.8, 4) is 0 Å². The number of nitrogens with zero attached hydrogens (tertiary/aromatic N) is 2. The third kappa shape index (κ3) is 3.29. The lowest BCUT2D eigenvalue weighted by Crippen LogP contribution is -2.58. The topological polar surface area (TPSA) is 28.2 Å². The second-order valence-electron chi connectivity index (χ2n) is 7.17. The van der Waals surface area contributed by atoms with Gasteiger partial charge in [0.1, 0.15) is 0 Å². The molecule has 1 saturated carbocycles. The fraction of sp³-hybridized carbons (Fsp3) is 0.722. The van der Waals surface area contributed by atoms with Gasteiger partial charge in [0, 0.05) is 37.4 Å². The van der Waals surface area contributed by atoms with Crippen LogP contribution in [0.25, 0.3) is 0 Å². The summed E-state index contributed by atoms with van der Waals surface area (Å²) >= 11 is 0. The van der Waals surface area contributed by atoms with Crippen molar-refractivity contribution >= 4 is 0 Å². The molecule has 0 amide bonds. The number of pyridine rings is 1. The first-order valence-corrected chi connectivity index (χ1v) is 8.56. The van der Waals surface area contributed by atoms with Crippen LogP contribution in [0.1, 0.15) is 51.8 Å². The number of nitrogens with one attached hydrogen (secondary N) is 1. The highest BCUT2D eigenvalue weighted by Gasteiger charge is 2.40. The van der Waals surface area contributed by atoms with Gasteiger partial charge in [0.25, 0.3) is 0 Å². The van der Waals surface area contributed by atoms with E-state index in [4.69, 9.17) is 0 Å². The van der Waals surface area contributed by atoms with E-state index in [0.717, 1.165) is 11.8 Å². The largest absolute Gasteiger partial charge is 0.305 e. The molecule has 0 aromatic carbocycles. The Bertz CT molecular complexity index is 431. The van der Waals surface area contributed by atoms with Crippen LogP contribution in [0.5, 0.6) is 0 Å². The van der Waals surface area contributed by atoms with Crippen LogP contribution in [0.3, 0.4) is 0 Å². The summed E-state index contributed by atoms with van der Waals surface area (Å²) in [6.45, 7) is 9.45. The minimum atomic E-state index is 0.352. The lowest BCUT2D eigenvalue weighted by Gasteiger charge is -2.49. The van der Waals surface area contributed by atoms with Crippen LogP contribution in [0.15, 0.2) is 24.4 Å². The van der Waals surface area contributed by atoms with Gasteiger partial charge < -0.3 is 10.2 Å². The monoisotopic (exact) mass is 287 g/mol. The normalized spacial score (nSPS) is 31.3. The molecule has 3 heteroatoms. The molecule has 3 rings (SSSR count). The first-order chi connectivity index (χ1) is 10.1. The molecule has 2 fully saturated rings. The number of hydrogen-bond donors (Lipinski definition) is 1. The van der Waals surface area contributed by atoms with E-state index in [1.807, 2.05) is 12.3 Å². The summed E-state index contributed by atoms with van der Waals surface area (Å²) < 4.78 is 0. The highest BCUT2D eigenvalue weighted by Crippen LogP contribution is 2.36. The average molecular weight is 287 g/mol. The van der Waals surface area contributed by atoms with Gasteiger partial charge in [-0.1, -0.05) is 12.5 Å². The van der Waals surface area contributed by atoms with Gasteiger partial charge in [0.05, 0.1) is 5.69 Å². The maximum absolute atomic E-state index is 4.51. The van der Waals surface area contributed by atoms with E-state index in [0.29, 0.717) is 18.1 Å². The summed E-state index contributed by atoms with van der Waals surface area (Å²) in [6, 6.07) is 7.92. The van der Waals surface area contributed by atoms with Gasteiger partial charge >= 0.3 is 0 Å². The van der Waals surface area contributed by atoms with E-state index in [1.165, 1.54) is 38.0 Å². The Labute approximate surface area is 129 Å². The molecular weight excluding hydrogens is 258 g/mol. The summed E-state index contributed by atoms with van der Waals surface area (Å²) in [5.41, 5.74) is 1.17. The van der Waals surface area contributed by atoms with Crippen LogP contribution < -0.4 is 5.32 Å². The van der Waals surface area contributed by atoms with Crippen LogP contribution in [0.4, 0.5) is 0 Å². The molecule has 1 aliphatic heterocycles. The zero-order valence-corrected chi connectivity index (χ0v) is 13.6. The van der Waals surface area contributed by atoms with Crippen molar-refractivity contribution in [3.05, 3.63) is 30.1 Å². The summed E-state index contributed by atoms with van der Waals surface area (Å²) in [5, 5.41) is 3.91. The van der Waals surface area contributed by atoms with Crippen molar-refractivity contribution in [1.82, 2.24) is 15.2 Å². The molecule has 2 unspecified atom stereocenters. The molecule has 3 atom stereocenters. The Hall–Kier alpha value is -0.930.